The Hall–Kier alpha value is -5.77. The number of methoxy groups -OCH3 is 2. The lowest BCUT2D eigenvalue weighted by atomic mass is 10.0. The van der Waals surface area contributed by atoms with E-state index in [1.807, 2.05) is 84.9 Å². The first kappa shape index (κ1) is 26.5. The van der Waals surface area contributed by atoms with E-state index >= 15 is 0 Å². The van der Waals surface area contributed by atoms with Crippen molar-refractivity contribution in [2.45, 2.75) is 6.92 Å². The largest absolute Gasteiger partial charge is 0.497 e. The number of anilines is 3. The Kier molecular flexibility index (Phi) is 7.17. The van der Waals surface area contributed by atoms with Gasteiger partial charge in [-0.2, -0.15) is 9.61 Å². The van der Waals surface area contributed by atoms with Crippen LogP contribution in [0.1, 0.15) is 6.92 Å². The molecule has 2 N–H and O–H groups in total. The minimum atomic E-state index is -0.230. The molecule has 0 saturated heterocycles. The second-order valence-corrected chi connectivity index (χ2v) is 9.37. The zero-order chi connectivity index (χ0) is 29.1. The zero-order valence-corrected chi connectivity index (χ0v) is 23.2. The SMILES string of the molecule is COc1ccc(-c2c(Nc3ccc(NC(C)=O)nn3)nc3c(-c4ccccc4)c(-c4ccccc4)nn3c2OC)cc1. The number of benzene rings is 3. The molecule has 3 heterocycles. The van der Waals surface area contributed by atoms with Gasteiger partial charge in [0.15, 0.2) is 17.3 Å². The van der Waals surface area contributed by atoms with Crippen molar-refractivity contribution in [3.05, 3.63) is 97.1 Å². The minimum Gasteiger partial charge on any atom is -0.497 e. The Labute approximate surface area is 242 Å². The number of ether oxygens (including phenoxy) is 2. The molecule has 3 aromatic heterocycles. The molecule has 0 fully saturated rings. The molecule has 0 aliphatic heterocycles. The van der Waals surface area contributed by atoms with Crippen molar-refractivity contribution in [3.8, 4) is 45.1 Å². The summed E-state index contributed by atoms with van der Waals surface area (Å²) in [6.07, 6.45) is 0. The van der Waals surface area contributed by atoms with Crippen LogP contribution in [0.4, 0.5) is 17.5 Å². The van der Waals surface area contributed by atoms with Crippen LogP contribution in [0.3, 0.4) is 0 Å². The molecule has 0 radical (unpaired) electrons. The Balaban J connectivity index is 1.62. The van der Waals surface area contributed by atoms with Gasteiger partial charge < -0.3 is 20.1 Å². The monoisotopic (exact) mass is 557 g/mol. The standard InChI is InChI=1S/C32H27N7O3/c1-20(40)33-25-18-19-26(37-36-25)34-30-28(22-14-16-24(41-2)17-15-22)32(42-3)39-31(35-30)27(21-10-6-4-7-11-21)29(38-39)23-12-8-5-9-13-23/h4-19H,1-3H3,(H,33,36,40)(H,34,35,37). The van der Waals surface area contributed by atoms with Crippen molar-refractivity contribution in [2.24, 2.45) is 0 Å². The fourth-order valence-corrected chi connectivity index (χ4v) is 4.76. The van der Waals surface area contributed by atoms with Gasteiger partial charge in [-0.05, 0) is 35.4 Å². The van der Waals surface area contributed by atoms with E-state index in [1.165, 1.54) is 6.92 Å². The maximum atomic E-state index is 11.4. The number of fused-ring (bicyclic) bond motifs is 1. The van der Waals surface area contributed by atoms with E-state index in [4.69, 9.17) is 19.6 Å². The Bertz CT molecular complexity index is 1860. The lowest BCUT2D eigenvalue weighted by molar-refractivity contribution is -0.114. The first-order valence-corrected chi connectivity index (χ1v) is 13.2. The van der Waals surface area contributed by atoms with E-state index in [1.54, 1.807) is 30.9 Å². The van der Waals surface area contributed by atoms with Crippen LogP contribution in [-0.2, 0) is 4.79 Å². The fraction of sp³-hybridized carbons (Fsp3) is 0.0938. The number of rotatable bonds is 8. The van der Waals surface area contributed by atoms with Gasteiger partial charge in [0.25, 0.3) is 0 Å². The second kappa shape index (κ2) is 11.4. The van der Waals surface area contributed by atoms with Crippen molar-refractivity contribution < 1.29 is 14.3 Å². The number of amides is 1. The number of hydrogen-bond acceptors (Lipinski definition) is 8. The van der Waals surface area contributed by atoms with Crippen molar-refractivity contribution >= 4 is 29.0 Å². The van der Waals surface area contributed by atoms with E-state index in [0.717, 1.165) is 33.7 Å². The van der Waals surface area contributed by atoms with Gasteiger partial charge in [-0.1, -0.05) is 72.8 Å². The van der Waals surface area contributed by atoms with Gasteiger partial charge >= 0.3 is 0 Å². The summed E-state index contributed by atoms with van der Waals surface area (Å²) in [7, 11) is 3.24. The maximum Gasteiger partial charge on any atom is 0.228 e. The van der Waals surface area contributed by atoms with Gasteiger partial charge in [-0.3, -0.25) is 4.79 Å². The third kappa shape index (κ3) is 5.08. The van der Waals surface area contributed by atoms with Crippen LogP contribution >= 0.6 is 0 Å². The van der Waals surface area contributed by atoms with Crippen molar-refractivity contribution in [3.63, 3.8) is 0 Å². The van der Waals surface area contributed by atoms with E-state index < -0.39 is 0 Å². The Morgan fingerprint density at radius 3 is 1.93 bits per heavy atom. The van der Waals surface area contributed by atoms with Crippen LogP contribution in [0.5, 0.6) is 11.6 Å². The second-order valence-electron chi connectivity index (χ2n) is 9.37. The topological polar surface area (TPSA) is 116 Å². The van der Waals surface area contributed by atoms with Gasteiger partial charge in [0, 0.05) is 12.5 Å². The highest BCUT2D eigenvalue weighted by Gasteiger charge is 2.25. The molecule has 0 bridgehead atoms. The molecule has 0 spiro atoms. The fourth-order valence-electron chi connectivity index (χ4n) is 4.76. The zero-order valence-electron chi connectivity index (χ0n) is 23.2. The molecule has 1 amide bonds. The molecule has 0 saturated carbocycles. The van der Waals surface area contributed by atoms with Gasteiger partial charge in [-0.25, -0.2) is 4.98 Å². The summed E-state index contributed by atoms with van der Waals surface area (Å²) in [4.78, 5) is 16.6. The molecule has 0 aliphatic carbocycles. The first-order chi connectivity index (χ1) is 20.6. The first-order valence-electron chi connectivity index (χ1n) is 13.2. The highest BCUT2D eigenvalue weighted by Crippen LogP contribution is 2.42. The molecule has 208 valence electrons. The number of hydrogen-bond donors (Lipinski definition) is 2. The Morgan fingerprint density at radius 1 is 0.714 bits per heavy atom. The van der Waals surface area contributed by atoms with Gasteiger partial charge in [-0.15, -0.1) is 10.2 Å². The molecule has 6 aromatic rings. The van der Waals surface area contributed by atoms with Gasteiger partial charge in [0.05, 0.1) is 25.3 Å². The maximum absolute atomic E-state index is 11.4. The third-order valence-electron chi connectivity index (χ3n) is 6.62. The minimum absolute atomic E-state index is 0.230. The average molecular weight is 558 g/mol. The molecule has 3 aromatic carbocycles. The summed E-state index contributed by atoms with van der Waals surface area (Å²) in [5, 5.41) is 19.4. The molecule has 6 rings (SSSR count). The number of nitrogens with zero attached hydrogens (tertiary/aromatic N) is 5. The number of carbonyl (C=O) groups is 1. The van der Waals surface area contributed by atoms with Crippen LogP contribution < -0.4 is 20.1 Å². The summed E-state index contributed by atoms with van der Waals surface area (Å²) in [6, 6.07) is 31.0. The highest BCUT2D eigenvalue weighted by molar-refractivity contribution is 5.94. The van der Waals surface area contributed by atoms with Crippen LogP contribution in [0.2, 0.25) is 0 Å². The van der Waals surface area contributed by atoms with E-state index in [9.17, 15) is 4.79 Å². The van der Waals surface area contributed by atoms with Crippen LogP contribution in [0.15, 0.2) is 97.1 Å². The molecule has 42 heavy (non-hydrogen) atoms. The lowest BCUT2D eigenvalue weighted by Gasteiger charge is -2.16. The average Bonchev–Trinajstić information content (AvgIpc) is 3.41. The van der Waals surface area contributed by atoms with Crippen molar-refractivity contribution in [1.82, 2.24) is 24.8 Å². The van der Waals surface area contributed by atoms with Gasteiger partial charge in [0.1, 0.15) is 17.3 Å². The van der Waals surface area contributed by atoms with Crippen molar-refractivity contribution in [2.75, 3.05) is 24.9 Å². The van der Waals surface area contributed by atoms with Crippen LogP contribution in [0.25, 0.3) is 39.2 Å². The number of carbonyl (C=O) groups excluding carboxylic acids is 1. The summed E-state index contributed by atoms with van der Waals surface area (Å²) >= 11 is 0. The molecular formula is C32H27N7O3. The van der Waals surface area contributed by atoms with Crippen LogP contribution in [0, 0.1) is 0 Å². The molecule has 0 unspecified atom stereocenters. The van der Waals surface area contributed by atoms with Crippen molar-refractivity contribution in [1.29, 1.82) is 0 Å². The molecule has 10 heteroatoms. The molecular weight excluding hydrogens is 530 g/mol. The van der Waals surface area contributed by atoms with E-state index in [0.29, 0.717) is 34.5 Å². The molecule has 10 nitrogen and oxygen atoms in total. The third-order valence-corrected chi connectivity index (χ3v) is 6.62. The smallest absolute Gasteiger partial charge is 0.228 e. The van der Waals surface area contributed by atoms with Gasteiger partial charge in [0.2, 0.25) is 11.8 Å². The Morgan fingerprint density at radius 2 is 1.33 bits per heavy atom. The van der Waals surface area contributed by atoms with E-state index in [2.05, 4.69) is 20.8 Å². The summed E-state index contributed by atoms with van der Waals surface area (Å²) in [6.45, 7) is 1.42. The predicted molar refractivity (Wildman–Crippen MR) is 162 cm³/mol. The summed E-state index contributed by atoms with van der Waals surface area (Å²) < 4.78 is 13.2. The normalized spacial score (nSPS) is 10.8. The quantitative estimate of drug-likeness (QED) is 0.226. The highest BCUT2D eigenvalue weighted by atomic mass is 16.5. The summed E-state index contributed by atoms with van der Waals surface area (Å²) in [5.74, 6) is 2.24. The van der Waals surface area contributed by atoms with E-state index in [-0.39, 0.29) is 5.91 Å². The molecule has 0 aliphatic rings. The van der Waals surface area contributed by atoms with Crippen LogP contribution in [-0.4, -0.2) is 44.9 Å². The lowest BCUT2D eigenvalue weighted by Crippen LogP contribution is -2.09. The number of aromatic nitrogens is 5. The predicted octanol–water partition coefficient (Wildman–Crippen LogP) is 6.24. The molecule has 0 atom stereocenters. The summed E-state index contributed by atoms with van der Waals surface area (Å²) in [5.41, 5.74) is 5.63. The number of nitrogens with one attached hydrogen (secondary N) is 2.